The molecule has 27 heavy (non-hydrogen) atoms. The number of fused-ring (bicyclic) bond motifs is 2. The maximum absolute atomic E-state index is 13.8. The summed E-state index contributed by atoms with van der Waals surface area (Å²) in [7, 11) is 0. The number of hydrogen-bond donors (Lipinski definition) is 2. The summed E-state index contributed by atoms with van der Waals surface area (Å²) in [5.74, 6) is -2.25. The zero-order chi connectivity index (χ0) is 19.4. The van der Waals surface area contributed by atoms with Gasteiger partial charge in [-0.25, -0.2) is 9.78 Å². The van der Waals surface area contributed by atoms with Crippen LogP contribution in [0.3, 0.4) is 0 Å². The molecule has 5 rings (SSSR count). The summed E-state index contributed by atoms with van der Waals surface area (Å²) < 4.78 is 52.9. The highest BCUT2D eigenvalue weighted by Crippen LogP contribution is 2.61. The predicted octanol–water partition coefficient (Wildman–Crippen LogP) is 2.60. The van der Waals surface area contributed by atoms with Crippen LogP contribution in [-0.4, -0.2) is 43.5 Å². The third-order valence-corrected chi connectivity index (χ3v) is 6.55. The minimum absolute atomic E-state index is 0.00451. The smallest absolute Gasteiger partial charge is 0.449 e. The molecule has 1 unspecified atom stereocenters. The van der Waals surface area contributed by atoms with Crippen LogP contribution in [0.25, 0.3) is 0 Å². The number of nitrogens with one attached hydrogen (secondary N) is 1. The average Bonchev–Trinajstić information content (AvgIpc) is 2.83. The predicted molar refractivity (Wildman–Crippen MR) is 88.9 cm³/mol. The van der Waals surface area contributed by atoms with Crippen LogP contribution in [0.2, 0.25) is 0 Å². The van der Waals surface area contributed by atoms with E-state index in [0.717, 1.165) is 12.8 Å². The average molecular weight is 392 g/mol. The van der Waals surface area contributed by atoms with Gasteiger partial charge >= 0.3 is 6.18 Å². The minimum Gasteiger partial charge on any atom is -0.456 e. The Labute approximate surface area is 156 Å². The molecule has 4 fully saturated rings. The number of hydrogen-bond acceptors (Lipinski definition) is 6. The number of halogens is 3. The lowest BCUT2D eigenvalue weighted by Gasteiger charge is -2.57. The van der Waals surface area contributed by atoms with Gasteiger partial charge in [0.25, 0.3) is 0 Å². The summed E-state index contributed by atoms with van der Waals surface area (Å²) in [6.07, 6.45) is -3.02. The Morgan fingerprint density at radius 1 is 1.22 bits per heavy atom. The first kappa shape index (κ1) is 19.4. The van der Waals surface area contributed by atoms with E-state index in [1.807, 2.05) is 0 Å². The Kier molecular flexibility index (Phi) is 4.74. The molecule has 6 atom stereocenters. The van der Waals surface area contributed by atoms with Gasteiger partial charge in [0, 0.05) is 37.9 Å². The van der Waals surface area contributed by atoms with Crippen molar-refractivity contribution in [3.05, 3.63) is 11.3 Å². The fourth-order valence-corrected chi connectivity index (χ4v) is 5.27. The number of allylic oxidation sites excluding steroid dienone is 1. The van der Waals surface area contributed by atoms with Gasteiger partial charge in [-0.2, -0.15) is 13.2 Å². The number of ether oxygens (including phenoxy) is 2. The summed E-state index contributed by atoms with van der Waals surface area (Å²) >= 11 is 0. The Morgan fingerprint density at radius 2 is 2.00 bits per heavy atom. The van der Waals surface area contributed by atoms with Crippen LogP contribution in [0.4, 0.5) is 13.2 Å². The molecular formula is C18H27F3N2O4. The van der Waals surface area contributed by atoms with Crippen molar-refractivity contribution in [2.45, 2.75) is 63.4 Å². The Hall–Kier alpha value is -0.870. The van der Waals surface area contributed by atoms with E-state index in [1.54, 1.807) is 6.92 Å². The second-order valence-corrected chi connectivity index (χ2v) is 8.29. The Balaban J connectivity index is 1.81. The largest absolute Gasteiger partial charge is 0.456 e. The van der Waals surface area contributed by atoms with Gasteiger partial charge in [-0.05, 0) is 37.7 Å². The molecule has 9 heteroatoms. The van der Waals surface area contributed by atoms with Crippen molar-refractivity contribution in [3.8, 4) is 0 Å². The molecule has 0 amide bonds. The van der Waals surface area contributed by atoms with E-state index in [2.05, 4.69) is 12.2 Å². The SMILES string of the molecule is C[C@@H]1CC[C@H]2C(CNCCN)=C(C(F)(F)F)O[C@@H]3O[C@]4(C)CCC1[C@]32OO4. The van der Waals surface area contributed by atoms with Crippen molar-refractivity contribution in [1.82, 2.24) is 5.32 Å². The van der Waals surface area contributed by atoms with Crippen LogP contribution >= 0.6 is 0 Å². The van der Waals surface area contributed by atoms with E-state index in [9.17, 15) is 13.2 Å². The topological polar surface area (TPSA) is 75.0 Å². The van der Waals surface area contributed by atoms with Crippen LogP contribution in [0, 0.1) is 17.8 Å². The van der Waals surface area contributed by atoms with Crippen molar-refractivity contribution in [2.24, 2.45) is 23.5 Å². The third-order valence-electron chi connectivity index (χ3n) is 6.55. The van der Waals surface area contributed by atoms with Crippen LogP contribution in [-0.2, 0) is 19.2 Å². The number of alkyl halides is 3. The van der Waals surface area contributed by atoms with Gasteiger partial charge in [-0.1, -0.05) is 6.92 Å². The number of nitrogens with two attached hydrogens (primary N) is 1. The van der Waals surface area contributed by atoms with Crippen molar-refractivity contribution in [1.29, 1.82) is 0 Å². The van der Waals surface area contributed by atoms with Crippen LogP contribution < -0.4 is 11.1 Å². The molecule has 0 radical (unpaired) electrons. The highest BCUT2D eigenvalue weighted by Gasteiger charge is 2.70. The van der Waals surface area contributed by atoms with Crippen LogP contribution in [0.15, 0.2) is 11.3 Å². The van der Waals surface area contributed by atoms with E-state index in [0.29, 0.717) is 25.9 Å². The fourth-order valence-electron chi connectivity index (χ4n) is 5.27. The minimum atomic E-state index is -4.60. The first-order chi connectivity index (χ1) is 12.7. The van der Waals surface area contributed by atoms with Gasteiger partial charge < -0.3 is 20.5 Å². The van der Waals surface area contributed by atoms with Gasteiger partial charge in [0.2, 0.25) is 17.8 Å². The molecule has 1 aliphatic carbocycles. The molecule has 1 spiro atoms. The lowest BCUT2D eigenvalue weighted by Crippen LogP contribution is -2.67. The van der Waals surface area contributed by atoms with Crippen molar-refractivity contribution in [2.75, 3.05) is 19.6 Å². The molecule has 4 heterocycles. The molecule has 0 aromatic carbocycles. The maximum Gasteiger partial charge on any atom is 0.449 e. The molecule has 3 N–H and O–H groups in total. The Bertz CT molecular complexity index is 628. The highest BCUT2D eigenvalue weighted by molar-refractivity contribution is 5.29. The molecule has 6 nitrogen and oxygen atoms in total. The molecular weight excluding hydrogens is 365 g/mol. The van der Waals surface area contributed by atoms with Crippen molar-refractivity contribution in [3.63, 3.8) is 0 Å². The zero-order valence-corrected chi connectivity index (χ0v) is 15.6. The molecule has 154 valence electrons. The van der Waals surface area contributed by atoms with Gasteiger partial charge in [-0.3, -0.25) is 0 Å². The van der Waals surface area contributed by atoms with E-state index in [1.165, 1.54) is 0 Å². The van der Waals surface area contributed by atoms with E-state index in [4.69, 9.17) is 25.0 Å². The standard InChI is InChI=1S/C18H27F3N2O4/c1-10-3-4-13-11(9-23-8-7-22)14(18(19,20)21)24-15-17(13)12(10)5-6-16(2,25-15)26-27-17/h10,12-13,15,23H,3-9,22H2,1-2H3/t10-,12?,13+,15-,16+,17-/m1/s1. The van der Waals surface area contributed by atoms with Gasteiger partial charge in [-0.15, -0.1) is 0 Å². The molecule has 0 aromatic heterocycles. The monoisotopic (exact) mass is 392 g/mol. The van der Waals surface area contributed by atoms with Gasteiger partial charge in [0.05, 0.1) is 0 Å². The summed E-state index contributed by atoms with van der Waals surface area (Å²) in [6.45, 7) is 4.62. The zero-order valence-electron chi connectivity index (χ0n) is 15.6. The molecule has 4 aliphatic heterocycles. The first-order valence-electron chi connectivity index (χ1n) is 9.63. The molecule has 0 aromatic rings. The van der Waals surface area contributed by atoms with Gasteiger partial charge in [0.15, 0.2) is 5.60 Å². The second kappa shape index (κ2) is 6.59. The quantitative estimate of drug-likeness (QED) is 0.566. The summed E-state index contributed by atoms with van der Waals surface area (Å²) in [5.41, 5.74) is 4.62. The van der Waals surface area contributed by atoms with Crippen molar-refractivity contribution >= 4 is 0 Å². The van der Waals surface area contributed by atoms with Crippen LogP contribution in [0.5, 0.6) is 0 Å². The van der Waals surface area contributed by atoms with E-state index < -0.39 is 35.5 Å². The molecule has 5 aliphatic rings. The van der Waals surface area contributed by atoms with E-state index >= 15 is 0 Å². The Morgan fingerprint density at radius 3 is 2.70 bits per heavy atom. The summed E-state index contributed by atoms with van der Waals surface area (Å²) in [6, 6.07) is 0. The lowest BCUT2D eigenvalue weighted by atomic mass is 9.59. The summed E-state index contributed by atoms with van der Waals surface area (Å²) in [4.78, 5) is 11.5. The van der Waals surface area contributed by atoms with E-state index in [-0.39, 0.29) is 24.0 Å². The van der Waals surface area contributed by atoms with Crippen molar-refractivity contribution < 1.29 is 32.4 Å². The second-order valence-electron chi connectivity index (χ2n) is 8.29. The first-order valence-corrected chi connectivity index (χ1v) is 9.63. The fraction of sp³-hybridized carbons (Fsp3) is 0.889. The highest BCUT2D eigenvalue weighted by atomic mass is 19.4. The molecule has 3 saturated heterocycles. The number of rotatable bonds is 4. The van der Waals surface area contributed by atoms with Crippen LogP contribution in [0.1, 0.15) is 39.5 Å². The summed E-state index contributed by atoms with van der Waals surface area (Å²) in [5, 5.41) is 2.99. The van der Waals surface area contributed by atoms with Gasteiger partial charge in [0.1, 0.15) is 0 Å². The normalized spacial score (nSPS) is 43.9. The third kappa shape index (κ3) is 2.98. The molecule has 2 bridgehead atoms. The maximum atomic E-state index is 13.8. The lowest BCUT2D eigenvalue weighted by molar-refractivity contribution is -0.557. The molecule has 1 saturated carbocycles.